The summed E-state index contributed by atoms with van der Waals surface area (Å²) in [4.78, 5) is 18.4. The lowest BCUT2D eigenvalue weighted by Crippen LogP contribution is -2.26. The van der Waals surface area contributed by atoms with Crippen LogP contribution in [-0.2, 0) is 4.79 Å². The lowest BCUT2D eigenvalue weighted by Gasteiger charge is -2.12. The van der Waals surface area contributed by atoms with Crippen LogP contribution >= 0.6 is 0 Å². The lowest BCUT2D eigenvalue weighted by molar-refractivity contribution is -0.125. The maximum absolute atomic E-state index is 12.2. The first-order chi connectivity index (χ1) is 11.8. The first kappa shape index (κ1) is 14.5. The average molecular weight is 325 g/mol. The van der Waals surface area contributed by atoms with Crippen molar-refractivity contribution in [2.75, 3.05) is 13.1 Å². The fourth-order valence-electron chi connectivity index (χ4n) is 2.72. The normalized spacial score (nSPS) is 17.8. The Kier molecular flexibility index (Phi) is 3.74. The highest BCUT2D eigenvalue weighted by molar-refractivity contribution is 5.91. The number of carbonyl (C=O) groups excluding carboxylic acids is 1. The van der Waals surface area contributed by atoms with E-state index in [4.69, 9.17) is 13.4 Å². The highest BCUT2D eigenvalue weighted by Gasteiger charge is 2.30. The predicted molar refractivity (Wildman–Crippen MR) is 83.7 cm³/mol. The van der Waals surface area contributed by atoms with Crippen LogP contribution in [0.3, 0.4) is 0 Å². The Labute approximate surface area is 137 Å². The van der Waals surface area contributed by atoms with Gasteiger partial charge in [0, 0.05) is 25.1 Å². The molecule has 7 heteroatoms. The van der Waals surface area contributed by atoms with Crippen LogP contribution in [0, 0.1) is 0 Å². The van der Waals surface area contributed by atoms with Gasteiger partial charge in [0.25, 0.3) is 5.89 Å². The molecule has 1 amide bonds. The fraction of sp³-hybridized carbons (Fsp3) is 0.235. The Hall–Kier alpha value is -3.09. The zero-order valence-corrected chi connectivity index (χ0v) is 12.8. The highest BCUT2D eigenvalue weighted by Crippen LogP contribution is 2.27. The molecule has 1 aliphatic rings. The molecule has 0 spiro atoms. The molecule has 7 nitrogen and oxygen atoms in total. The maximum atomic E-state index is 12.2. The molecule has 1 saturated heterocycles. The van der Waals surface area contributed by atoms with Crippen molar-refractivity contribution in [3.05, 3.63) is 54.5 Å². The number of aromatic nitrogens is 2. The molecule has 4 rings (SSSR count). The first-order valence-corrected chi connectivity index (χ1v) is 7.67. The summed E-state index contributed by atoms with van der Waals surface area (Å²) in [6, 6.07) is 7.11. The molecule has 1 atom stereocenters. The predicted octanol–water partition coefficient (Wildman–Crippen LogP) is 2.95. The first-order valence-electron chi connectivity index (χ1n) is 7.67. The number of likely N-dealkylation sites (tertiary alicyclic amines) is 1. The Morgan fingerprint density at radius 1 is 1.25 bits per heavy atom. The van der Waals surface area contributed by atoms with Gasteiger partial charge in [-0.1, -0.05) is 5.16 Å². The number of nitrogens with zero attached hydrogens (tertiary/aromatic N) is 3. The van der Waals surface area contributed by atoms with E-state index in [-0.39, 0.29) is 11.8 Å². The summed E-state index contributed by atoms with van der Waals surface area (Å²) < 4.78 is 15.6. The summed E-state index contributed by atoms with van der Waals surface area (Å²) in [6.45, 7) is 1.23. The molecule has 3 aromatic rings. The number of hydrogen-bond donors (Lipinski definition) is 0. The van der Waals surface area contributed by atoms with Crippen LogP contribution in [0.15, 0.2) is 56.2 Å². The summed E-state index contributed by atoms with van der Waals surface area (Å²) in [6.07, 6.45) is 7.12. The van der Waals surface area contributed by atoms with Crippen LogP contribution in [0.5, 0.6) is 0 Å². The third kappa shape index (κ3) is 2.88. The number of carbonyl (C=O) groups is 1. The summed E-state index contributed by atoms with van der Waals surface area (Å²) in [5.74, 6) is 2.17. The zero-order valence-electron chi connectivity index (χ0n) is 12.8. The second-order valence-electron chi connectivity index (χ2n) is 5.55. The Bertz CT molecular complexity index is 833. The van der Waals surface area contributed by atoms with Gasteiger partial charge in [0.15, 0.2) is 11.6 Å². The number of furan rings is 2. The van der Waals surface area contributed by atoms with Gasteiger partial charge in [-0.3, -0.25) is 4.79 Å². The zero-order chi connectivity index (χ0) is 16.4. The quantitative estimate of drug-likeness (QED) is 0.686. The summed E-state index contributed by atoms with van der Waals surface area (Å²) in [7, 11) is 0. The minimum atomic E-state index is -0.0522. The van der Waals surface area contributed by atoms with Gasteiger partial charge >= 0.3 is 0 Å². The van der Waals surface area contributed by atoms with Crippen LogP contribution in [0.25, 0.3) is 17.7 Å². The minimum absolute atomic E-state index is 0.0522. The third-order valence-electron chi connectivity index (χ3n) is 3.97. The molecular weight excluding hydrogens is 310 g/mol. The van der Waals surface area contributed by atoms with Gasteiger partial charge in [-0.15, -0.1) is 0 Å². The smallest absolute Gasteiger partial charge is 0.293 e. The van der Waals surface area contributed by atoms with Crippen LogP contribution < -0.4 is 0 Å². The molecule has 3 aromatic heterocycles. The molecule has 0 saturated carbocycles. The lowest BCUT2D eigenvalue weighted by atomic mass is 10.1. The molecule has 122 valence electrons. The Balaban J connectivity index is 1.40. The Morgan fingerprint density at radius 2 is 2.12 bits per heavy atom. The van der Waals surface area contributed by atoms with E-state index in [1.807, 2.05) is 0 Å². The van der Waals surface area contributed by atoms with Gasteiger partial charge in [0.1, 0.15) is 5.76 Å². The summed E-state index contributed by atoms with van der Waals surface area (Å²) in [5.41, 5.74) is 0. The van der Waals surface area contributed by atoms with Gasteiger partial charge in [-0.05, 0) is 36.8 Å². The molecule has 0 aliphatic carbocycles. The van der Waals surface area contributed by atoms with E-state index in [9.17, 15) is 4.79 Å². The second-order valence-corrected chi connectivity index (χ2v) is 5.55. The molecular formula is C17H15N3O4. The molecule has 1 unspecified atom stereocenters. The van der Waals surface area contributed by atoms with Crippen molar-refractivity contribution in [3.8, 4) is 11.7 Å². The van der Waals surface area contributed by atoms with E-state index in [0.29, 0.717) is 36.3 Å². The van der Waals surface area contributed by atoms with Gasteiger partial charge in [-0.25, -0.2) is 0 Å². The van der Waals surface area contributed by atoms with Crippen molar-refractivity contribution in [2.24, 2.45) is 0 Å². The summed E-state index contributed by atoms with van der Waals surface area (Å²) in [5, 5.41) is 4.02. The molecule has 0 N–H and O–H groups in total. The number of rotatable bonds is 4. The van der Waals surface area contributed by atoms with E-state index in [1.165, 1.54) is 6.08 Å². The molecule has 0 radical (unpaired) electrons. The van der Waals surface area contributed by atoms with E-state index >= 15 is 0 Å². The third-order valence-corrected chi connectivity index (χ3v) is 3.97. The molecule has 0 aromatic carbocycles. The average Bonchev–Trinajstić information content (AvgIpc) is 3.40. The van der Waals surface area contributed by atoms with Crippen molar-refractivity contribution in [2.45, 2.75) is 12.3 Å². The van der Waals surface area contributed by atoms with Gasteiger partial charge < -0.3 is 18.3 Å². The van der Waals surface area contributed by atoms with Crippen molar-refractivity contribution in [3.63, 3.8) is 0 Å². The topological polar surface area (TPSA) is 85.5 Å². The largest absolute Gasteiger partial charge is 0.465 e. The maximum Gasteiger partial charge on any atom is 0.293 e. The standard InChI is InChI=1S/C17H15N3O4/c21-15(6-5-13-3-1-9-22-13)20-8-7-12(11-20)16-18-17(24-19-16)14-4-2-10-23-14/h1-6,9-10,12H,7-8,11H2/b6-5+. The van der Waals surface area contributed by atoms with Crippen molar-refractivity contribution < 1.29 is 18.2 Å². The van der Waals surface area contributed by atoms with Gasteiger partial charge in [0.05, 0.1) is 12.5 Å². The molecule has 4 heterocycles. The second kappa shape index (κ2) is 6.19. The van der Waals surface area contributed by atoms with Crippen LogP contribution in [0.4, 0.5) is 0 Å². The van der Waals surface area contributed by atoms with Crippen LogP contribution in [0.1, 0.15) is 23.9 Å². The van der Waals surface area contributed by atoms with Crippen molar-refractivity contribution >= 4 is 12.0 Å². The van der Waals surface area contributed by atoms with E-state index in [1.54, 1.807) is 47.8 Å². The van der Waals surface area contributed by atoms with Crippen molar-refractivity contribution in [1.29, 1.82) is 0 Å². The molecule has 1 aliphatic heterocycles. The van der Waals surface area contributed by atoms with Crippen LogP contribution in [-0.4, -0.2) is 34.0 Å². The van der Waals surface area contributed by atoms with Crippen molar-refractivity contribution in [1.82, 2.24) is 15.0 Å². The SMILES string of the molecule is O=C(/C=C/c1ccco1)N1CCC(c2noc(-c3ccco3)n2)C1. The van der Waals surface area contributed by atoms with Gasteiger partial charge in [0.2, 0.25) is 5.91 Å². The molecule has 0 bridgehead atoms. The van der Waals surface area contributed by atoms with Gasteiger partial charge in [-0.2, -0.15) is 4.98 Å². The monoisotopic (exact) mass is 325 g/mol. The van der Waals surface area contributed by atoms with E-state index in [2.05, 4.69) is 10.1 Å². The molecule has 1 fully saturated rings. The van der Waals surface area contributed by atoms with E-state index in [0.717, 1.165) is 6.42 Å². The molecule has 24 heavy (non-hydrogen) atoms. The number of amides is 1. The highest BCUT2D eigenvalue weighted by atomic mass is 16.5. The number of hydrogen-bond acceptors (Lipinski definition) is 6. The summed E-state index contributed by atoms with van der Waals surface area (Å²) >= 11 is 0. The fourth-order valence-corrected chi connectivity index (χ4v) is 2.72. The van der Waals surface area contributed by atoms with Crippen LogP contribution in [0.2, 0.25) is 0 Å². The minimum Gasteiger partial charge on any atom is -0.465 e. The Morgan fingerprint density at radius 3 is 2.92 bits per heavy atom. The van der Waals surface area contributed by atoms with E-state index < -0.39 is 0 Å².